The van der Waals surface area contributed by atoms with Gasteiger partial charge in [0.15, 0.2) is 6.23 Å². The van der Waals surface area contributed by atoms with Gasteiger partial charge in [-0.15, -0.1) is 0 Å². The third kappa shape index (κ3) is 3.92. The highest BCUT2D eigenvalue weighted by Gasteiger charge is 2.40. The number of anilines is 1. The Balaban J connectivity index is 1.32. The predicted molar refractivity (Wildman–Crippen MR) is 175 cm³/mol. The zero-order valence-electron chi connectivity index (χ0n) is 23.6. The van der Waals surface area contributed by atoms with E-state index in [1.807, 2.05) is 78.9 Å². The third-order valence-electron chi connectivity index (χ3n) is 8.54. The minimum absolute atomic E-state index is 0.219. The van der Waals surface area contributed by atoms with Gasteiger partial charge in [-0.3, -0.25) is 9.69 Å². The van der Waals surface area contributed by atoms with Gasteiger partial charge in [0.05, 0.1) is 28.0 Å². The van der Waals surface area contributed by atoms with E-state index in [0.29, 0.717) is 16.8 Å². The van der Waals surface area contributed by atoms with Crippen LogP contribution >= 0.6 is 0 Å². The van der Waals surface area contributed by atoms with Gasteiger partial charge < -0.3 is 9.67 Å². The van der Waals surface area contributed by atoms with Crippen LogP contribution in [-0.4, -0.2) is 15.6 Å². The monoisotopic (exact) mass is 556 g/mol. The van der Waals surface area contributed by atoms with Gasteiger partial charge in [0.1, 0.15) is 0 Å². The van der Waals surface area contributed by atoms with Crippen molar-refractivity contribution in [2.75, 3.05) is 4.90 Å². The van der Waals surface area contributed by atoms with Crippen molar-refractivity contribution in [1.82, 2.24) is 4.57 Å². The Kier molecular flexibility index (Phi) is 5.78. The van der Waals surface area contributed by atoms with Gasteiger partial charge in [0.25, 0.3) is 5.91 Å². The second-order valence-corrected chi connectivity index (χ2v) is 11.1. The lowest BCUT2D eigenvalue weighted by Gasteiger charge is -2.24. The van der Waals surface area contributed by atoms with Crippen molar-refractivity contribution in [3.8, 4) is 27.9 Å². The first-order valence-corrected chi connectivity index (χ1v) is 14.5. The van der Waals surface area contributed by atoms with Gasteiger partial charge in [0, 0.05) is 21.9 Å². The van der Waals surface area contributed by atoms with Crippen LogP contribution in [0.2, 0.25) is 0 Å². The van der Waals surface area contributed by atoms with Crippen molar-refractivity contribution in [1.29, 1.82) is 0 Å². The number of para-hydroxylation sites is 2. The van der Waals surface area contributed by atoms with E-state index in [-0.39, 0.29) is 5.91 Å². The number of aromatic nitrogens is 1. The van der Waals surface area contributed by atoms with E-state index in [4.69, 9.17) is 0 Å². The molecular weight excluding hydrogens is 528 g/mol. The molecule has 4 heteroatoms. The van der Waals surface area contributed by atoms with Crippen LogP contribution in [-0.2, 0) is 0 Å². The molecule has 1 amide bonds. The molecule has 43 heavy (non-hydrogen) atoms. The zero-order chi connectivity index (χ0) is 29.1. The second-order valence-electron chi connectivity index (χ2n) is 11.1. The molecule has 0 aliphatic carbocycles. The van der Waals surface area contributed by atoms with Gasteiger partial charge in [0.2, 0.25) is 0 Å². The van der Waals surface area contributed by atoms with Crippen LogP contribution in [0.25, 0.3) is 49.7 Å². The molecular formula is C39H28N2O2. The fourth-order valence-electron chi connectivity index (χ4n) is 6.59. The Labute approximate surface area is 249 Å². The summed E-state index contributed by atoms with van der Waals surface area (Å²) in [5, 5.41) is 13.9. The molecule has 8 rings (SSSR count). The molecule has 1 atom stereocenters. The molecule has 1 aromatic heterocycles. The molecule has 6 aromatic carbocycles. The predicted octanol–water partition coefficient (Wildman–Crippen LogP) is 9.08. The van der Waals surface area contributed by atoms with Gasteiger partial charge in [-0.25, -0.2) is 0 Å². The number of fused-ring (bicyclic) bond motifs is 4. The summed E-state index contributed by atoms with van der Waals surface area (Å²) in [7, 11) is 0. The summed E-state index contributed by atoms with van der Waals surface area (Å²) in [6, 6.07) is 46.9. The number of carbonyl (C=O) groups is 1. The largest absolute Gasteiger partial charge is 0.369 e. The molecule has 1 N–H and O–H groups in total. The van der Waals surface area contributed by atoms with Crippen molar-refractivity contribution in [3.05, 3.63) is 156 Å². The van der Waals surface area contributed by atoms with E-state index < -0.39 is 6.23 Å². The Bertz CT molecular complexity index is 2200. The van der Waals surface area contributed by atoms with Crippen LogP contribution in [0.1, 0.15) is 27.7 Å². The number of benzene rings is 6. The van der Waals surface area contributed by atoms with Gasteiger partial charge in [-0.05, 0) is 53.9 Å². The average Bonchev–Trinajstić information content (AvgIpc) is 3.52. The topological polar surface area (TPSA) is 45.5 Å². The van der Waals surface area contributed by atoms with Crippen LogP contribution in [0, 0.1) is 6.92 Å². The lowest BCUT2D eigenvalue weighted by Crippen LogP contribution is -2.28. The number of aryl methyl sites for hydroxylation is 1. The van der Waals surface area contributed by atoms with Crippen LogP contribution in [0.3, 0.4) is 0 Å². The summed E-state index contributed by atoms with van der Waals surface area (Å²) >= 11 is 0. The number of nitrogens with zero attached hydrogens (tertiary/aromatic N) is 2. The molecule has 0 fully saturated rings. The van der Waals surface area contributed by atoms with E-state index >= 15 is 0 Å². The van der Waals surface area contributed by atoms with Crippen molar-refractivity contribution in [3.63, 3.8) is 0 Å². The number of aliphatic hydroxyl groups excluding tert-OH is 1. The van der Waals surface area contributed by atoms with Gasteiger partial charge in [-0.2, -0.15) is 0 Å². The Morgan fingerprint density at radius 3 is 2.12 bits per heavy atom. The maximum atomic E-state index is 14.4. The molecule has 0 saturated heterocycles. The molecule has 0 spiro atoms. The highest BCUT2D eigenvalue weighted by atomic mass is 16.3. The summed E-state index contributed by atoms with van der Waals surface area (Å²) < 4.78 is 2.17. The highest BCUT2D eigenvalue weighted by molar-refractivity contribution is 6.16. The average molecular weight is 557 g/mol. The lowest BCUT2D eigenvalue weighted by molar-refractivity contribution is 0.0935. The minimum Gasteiger partial charge on any atom is -0.369 e. The molecule has 7 aromatic rings. The maximum absolute atomic E-state index is 14.4. The van der Waals surface area contributed by atoms with E-state index in [0.717, 1.165) is 44.2 Å². The van der Waals surface area contributed by atoms with Crippen molar-refractivity contribution >= 4 is 33.4 Å². The number of hydrogen-bond acceptors (Lipinski definition) is 2. The van der Waals surface area contributed by atoms with Crippen LogP contribution in [0.4, 0.5) is 5.69 Å². The summed E-state index contributed by atoms with van der Waals surface area (Å²) in [5.41, 5.74) is 10.00. The summed E-state index contributed by atoms with van der Waals surface area (Å²) in [5.74, 6) is -0.219. The number of hydrogen-bond donors (Lipinski definition) is 1. The fourth-order valence-corrected chi connectivity index (χ4v) is 6.59. The van der Waals surface area contributed by atoms with E-state index in [2.05, 4.69) is 72.2 Å². The van der Waals surface area contributed by atoms with Gasteiger partial charge >= 0.3 is 0 Å². The smallest absolute Gasteiger partial charge is 0.263 e. The Hall–Kier alpha value is -5.45. The quantitative estimate of drug-likeness (QED) is 0.235. The molecule has 1 aliphatic rings. The SMILES string of the molecule is Cc1cccc(-c2ccc3c(c2)c2ccccc2n3-c2cccc3c2C(=O)N(c2ccccc2-c2ccccc2)C3O)c1. The van der Waals surface area contributed by atoms with Crippen LogP contribution in [0.15, 0.2) is 140 Å². The molecule has 1 aliphatic heterocycles. The normalized spacial score (nSPS) is 14.5. The molecule has 4 nitrogen and oxygen atoms in total. The summed E-state index contributed by atoms with van der Waals surface area (Å²) in [4.78, 5) is 15.9. The van der Waals surface area contributed by atoms with Crippen LogP contribution < -0.4 is 4.90 Å². The van der Waals surface area contributed by atoms with E-state index in [9.17, 15) is 9.90 Å². The lowest BCUT2D eigenvalue weighted by atomic mass is 10.0. The first kappa shape index (κ1) is 25.3. The number of carbonyl (C=O) groups excluding carboxylic acids is 1. The van der Waals surface area contributed by atoms with Crippen molar-refractivity contribution in [2.24, 2.45) is 0 Å². The Morgan fingerprint density at radius 2 is 1.26 bits per heavy atom. The minimum atomic E-state index is -1.10. The van der Waals surface area contributed by atoms with Crippen molar-refractivity contribution < 1.29 is 9.90 Å². The number of aliphatic hydroxyl groups is 1. The highest BCUT2D eigenvalue weighted by Crippen LogP contribution is 2.44. The second kappa shape index (κ2) is 9.83. The van der Waals surface area contributed by atoms with Crippen LogP contribution in [0.5, 0.6) is 0 Å². The standard InChI is InChI=1S/C39H28N2O2/c1-25-11-9-14-27(23-25)28-21-22-35-32(24-28)30-16-6-8-19-34(30)40(35)36-20-10-17-31-37(36)39(43)41(38(31)42)33-18-7-5-15-29(33)26-12-3-2-4-13-26/h2-24,38,42H,1H3. The zero-order valence-corrected chi connectivity index (χ0v) is 23.6. The molecule has 0 radical (unpaired) electrons. The number of rotatable bonds is 4. The molecule has 1 unspecified atom stereocenters. The molecule has 206 valence electrons. The molecule has 0 saturated carbocycles. The molecule has 2 heterocycles. The van der Waals surface area contributed by atoms with Crippen molar-refractivity contribution in [2.45, 2.75) is 13.2 Å². The Morgan fingerprint density at radius 1 is 0.581 bits per heavy atom. The molecule has 0 bridgehead atoms. The van der Waals surface area contributed by atoms with E-state index in [1.54, 1.807) is 0 Å². The first-order chi connectivity index (χ1) is 21.1. The maximum Gasteiger partial charge on any atom is 0.263 e. The first-order valence-electron chi connectivity index (χ1n) is 14.5. The summed E-state index contributed by atoms with van der Waals surface area (Å²) in [6.45, 7) is 2.11. The number of amides is 1. The van der Waals surface area contributed by atoms with E-state index in [1.165, 1.54) is 16.0 Å². The fraction of sp³-hybridized carbons (Fsp3) is 0.0513. The van der Waals surface area contributed by atoms with Gasteiger partial charge in [-0.1, -0.05) is 115 Å². The third-order valence-corrected chi connectivity index (χ3v) is 8.54. The summed E-state index contributed by atoms with van der Waals surface area (Å²) in [6.07, 6.45) is -1.10.